The summed E-state index contributed by atoms with van der Waals surface area (Å²) in [5.41, 5.74) is 3.59. The van der Waals surface area contributed by atoms with Gasteiger partial charge >= 0.3 is 0 Å². The first-order chi connectivity index (χ1) is 9.07. The third kappa shape index (κ3) is 2.42. The Morgan fingerprint density at radius 3 is 2.47 bits per heavy atom. The predicted molar refractivity (Wildman–Crippen MR) is 76.7 cm³/mol. The summed E-state index contributed by atoms with van der Waals surface area (Å²) in [6, 6.07) is 3.70. The highest BCUT2D eigenvalue weighted by Gasteiger charge is 2.36. The molecule has 0 aromatic heterocycles. The van der Waals surface area contributed by atoms with Crippen LogP contribution in [0.2, 0.25) is 0 Å². The Labute approximate surface area is 114 Å². The second-order valence-corrected chi connectivity index (χ2v) is 5.25. The summed E-state index contributed by atoms with van der Waals surface area (Å²) in [7, 11) is 0. The van der Waals surface area contributed by atoms with Gasteiger partial charge in [0.05, 0.1) is 11.3 Å². The minimum atomic E-state index is -0.361. The fourth-order valence-electron chi connectivity index (χ4n) is 2.58. The van der Waals surface area contributed by atoms with Crippen molar-refractivity contribution in [3.8, 4) is 0 Å². The molecule has 0 radical (unpaired) electrons. The van der Waals surface area contributed by atoms with Crippen LogP contribution in [0.5, 0.6) is 0 Å². The first-order valence-electron chi connectivity index (χ1n) is 7.04. The van der Waals surface area contributed by atoms with E-state index in [4.69, 9.17) is 0 Å². The highest BCUT2D eigenvalue weighted by atomic mass is 16.2. The third-order valence-electron chi connectivity index (χ3n) is 3.89. The van der Waals surface area contributed by atoms with E-state index in [0.29, 0.717) is 12.1 Å². The van der Waals surface area contributed by atoms with E-state index in [2.05, 4.69) is 6.92 Å². The zero-order chi connectivity index (χ0) is 14.0. The van der Waals surface area contributed by atoms with Crippen molar-refractivity contribution in [1.82, 2.24) is 0 Å². The molecule has 3 heteroatoms. The molecule has 0 atom stereocenters. The second kappa shape index (κ2) is 5.55. The number of hydrogen-bond acceptors (Lipinski definition) is 2. The van der Waals surface area contributed by atoms with Gasteiger partial charge in [-0.05, 0) is 37.5 Å². The van der Waals surface area contributed by atoms with Gasteiger partial charge in [0.1, 0.15) is 0 Å². The lowest BCUT2D eigenvalue weighted by Gasteiger charge is -2.19. The number of anilines is 1. The molecular formula is C16H21NO2. The van der Waals surface area contributed by atoms with Crippen molar-refractivity contribution in [2.24, 2.45) is 0 Å². The largest absolute Gasteiger partial charge is 0.304 e. The number of carbonyl (C=O) groups excluding carboxylic acids is 2. The van der Waals surface area contributed by atoms with Crippen molar-refractivity contribution in [2.75, 3.05) is 11.4 Å². The van der Waals surface area contributed by atoms with Crippen LogP contribution in [0.15, 0.2) is 12.1 Å². The Morgan fingerprint density at radius 1 is 1.05 bits per heavy atom. The van der Waals surface area contributed by atoms with Gasteiger partial charge in [0, 0.05) is 6.54 Å². The van der Waals surface area contributed by atoms with Crippen LogP contribution in [0.3, 0.4) is 0 Å². The minimum Gasteiger partial charge on any atom is -0.304 e. The highest BCUT2D eigenvalue weighted by Crippen LogP contribution is 2.34. The Morgan fingerprint density at radius 2 is 1.79 bits per heavy atom. The molecule has 1 heterocycles. The normalized spacial score (nSPS) is 14.2. The van der Waals surface area contributed by atoms with Crippen molar-refractivity contribution in [2.45, 2.75) is 46.5 Å². The maximum atomic E-state index is 12.1. The first kappa shape index (κ1) is 13.8. The number of hydrogen-bond donors (Lipinski definition) is 0. The molecule has 0 aliphatic carbocycles. The summed E-state index contributed by atoms with van der Waals surface area (Å²) in [6.45, 7) is 6.81. The molecule has 0 unspecified atom stereocenters. The molecule has 0 spiro atoms. The van der Waals surface area contributed by atoms with Crippen LogP contribution >= 0.6 is 0 Å². The molecular weight excluding hydrogens is 238 g/mol. The topological polar surface area (TPSA) is 37.4 Å². The second-order valence-electron chi connectivity index (χ2n) is 5.25. The van der Waals surface area contributed by atoms with Gasteiger partial charge in [-0.1, -0.05) is 32.3 Å². The van der Waals surface area contributed by atoms with Crippen molar-refractivity contribution in [1.29, 1.82) is 0 Å². The summed E-state index contributed by atoms with van der Waals surface area (Å²) in [6.07, 6.45) is 4.41. The number of aryl methyl sites for hydroxylation is 1. The molecule has 3 nitrogen and oxygen atoms in total. The van der Waals surface area contributed by atoms with E-state index >= 15 is 0 Å². The van der Waals surface area contributed by atoms with Gasteiger partial charge in [-0.2, -0.15) is 0 Å². The summed E-state index contributed by atoms with van der Waals surface area (Å²) in [5.74, 6) is -0.714. The fourth-order valence-corrected chi connectivity index (χ4v) is 2.58. The highest BCUT2D eigenvalue weighted by molar-refractivity contribution is 6.52. The molecule has 0 saturated carbocycles. The quantitative estimate of drug-likeness (QED) is 0.600. The maximum absolute atomic E-state index is 12.1. The standard InChI is InChI=1S/C16H21NO2/c1-4-5-6-7-10-17-14-12(3)11(2)8-9-13(14)15(18)16(17)19/h8-9H,4-7,10H2,1-3H3. The van der Waals surface area contributed by atoms with Crippen LogP contribution < -0.4 is 4.90 Å². The Hall–Kier alpha value is -1.64. The van der Waals surface area contributed by atoms with E-state index < -0.39 is 0 Å². The zero-order valence-corrected chi connectivity index (χ0v) is 12.0. The number of ketones is 1. The molecule has 19 heavy (non-hydrogen) atoms. The third-order valence-corrected chi connectivity index (χ3v) is 3.89. The molecule has 0 N–H and O–H groups in total. The number of benzene rings is 1. The number of carbonyl (C=O) groups is 2. The Balaban J connectivity index is 2.25. The maximum Gasteiger partial charge on any atom is 0.299 e. The molecule has 1 aliphatic rings. The van der Waals surface area contributed by atoms with Crippen molar-refractivity contribution in [3.63, 3.8) is 0 Å². The molecule has 1 aromatic rings. The lowest BCUT2D eigenvalue weighted by molar-refractivity contribution is -0.114. The zero-order valence-electron chi connectivity index (χ0n) is 12.0. The predicted octanol–water partition coefficient (Wildman–Crippen LogP) is 3.41. The van der Waals surface area contributed by atoms with Crippen LogP contribution in [0.4, 0.5) is 5.69 Å². The van der Waals surface area contributed by atoms with Gasteiger partial charge in [0.15, 0.2) is 0 Å². The van der Waals surface area contributed by atoms with Crippen LogP contribution in [-0.2, 0) is 4.79 Å². The first-order valence-corrected chi connectivity index (χ1v) is 7.04. The number of unbranched alkanes of at least 4 members (excludes halogenated alkanes) is 3. The molecule has 0 bridgehead atoms. The van der Waals surface area contributed by atoms with Gasteiger partial charge in [-0.25, -0.2) is 0 Å². The molecule has 1 amide bonds. The monoisotopic (exact) mass is 259 g/mol. The lowest BCUT2D eigenvalue weighted by atomic mass is 10.0. The Kier molecular flexibility index (Phi) is 4.03. The van der Waals surface area contributed by atoms with E-state index in [1.165, 1.54) is 12.8 Å². The number of Topliss-reactive ketones (excluding diaryl/α,β-unsaturated/α-hetero) is 1. The number of amides is 1. The van der Waals surface area contributed by atoms with Gasteiger partial charge in [-0.3, -0.25) is 9.59 Å². The minimum absolute atomic E-state index is 0.353. The van der Waals surface area contributed by atoms with Crippen molar-refractivity contribution >= 4 is 17.4 Å². The van der Waals surface area contributed by atoms with E-state index in [9.17, 15) is 9.59 Å². The van der Waals surface area contributed by atoms with E-state index in [1.54, 1.807) is 11.0 Å². The van der Waals surface area contributed by atoms with Gasteiger partial charge in [0.2, 0.25) is 0 Å². The van der Waals surface area contributed by atoms with E-state index in [-0.39, 0.29) is 11.7 Å². The smallest absolute Gasteiger partial charge is 0.299 e. The average Bonchev–Trinajstić information content (AvgIpc) is 2.64. The lowest BCUT2D eigenvalue weighted by Crippen LogP contribution is -2.31. The van der Waals surface area contributed by atoms with Crippen LogP contribution in [0.25, 0.3) is 0 Å². The van der Waals surface area contributed by atoms with Crippen LogP contribution in [-0.4, -0.2) is 18.2 Å². The Bertz CT molecular complexity index is 520. The molecule has 1 aliphatic heterocycles. The summed E-state index contributed by atoms with van der Waals surface area (Å²) < 4.78 is 0. The average molecular weight is 259 g/mol. The molecule has 102 valence electrons. The molecule has 0 fully saturated rings. The fraction of sp³-hybridized carbons (Fsp3) is 0.500. The van der Waals surface area contributed by atoms with E-state index in [1.807, 2.05) is 19.9 Å². The molecule has 0 saturated heterocycles. The number of nitrogens with zero attached hydrogens (tertiary/aromatic N) is 1. The SMILES string of the molecule is CCCCCCN1C(=O)C(=O)c2ccc(C)c(C)c21. The van der Waals surface area contributed by atoms with Crippen molar-refractivity contribution in [3.05, 3.63) is 28.8 Å². The number of rotatable bonds is 5. The van der Waals surface area contributed by atoms with Gasteiger partial charge in [-0.15, -0.1) is 0 Å². The molecule has 1 aromatic carbocycles. The summed E-state index contributed by atoms with van der Waals surface area (Å²) in [4.78, 5) is 25.7. The summed E-state index contributed by atoms with van der Waals surface area (Å²) >= 11 is 0. The van der Waals surface area contributed by atoms with E-state index in [0.717, 1.165) is 29.7 Å². The van der Waals surface area contributed by atoms with Crippen LogP contribution in [0.1, 0.15) is 54.1 Å². The van der Waals surface area contributed by atoms with Gasteiger partial charge < -0.3 is 4.90 Å². The molecule has 2 rings (SSSR count). The number of fused-ring (bicyclic) bond motifs is 1. The van der Waals surface area contributed by atoms with Crippen molar-refractivity contribution < 1.29 is 9.59 Å². The van der Waals surface area contributed by atoms with Crippen LogP contribution in [0, 0.1) is 13.8 Å². The van der Waals surface area contributed by atoms with Gasteiger partial charge in [0.25, 0.3) is 11.7 Å². The summed E-state index contributed by atoms with van der Waals surface area (Å²) in [5, 5.41) is 0.